The molecule has 7 heteroatoms. The fourth-order valence-electron chi connectivity index (χ4n) is 2.90. The average Bonchev–Trinajstić information content (AvgIpc) is 3.17. The van der Waals surface area contributed by atoms with Gasteiger partial charge in [-0.3, -0.25) is 9.20 Å². The maximum Gasteiger partial charge on any atom is 0.255 e. The van der Waals surface area contributed by atoms with E-state index in [0.29, 0.717) is 17.3 Å². The van der Waals surface area contributed by atoms with Gasteiger partial charge < -0.3 is 10.6 Å². The van der Waals surface area contributed by atoms with E-state index >= 15 is 0 Å². The van der Waals surface area contributed by atoms with Crippen LogP contribution in [0.15, 0.2) is 67.1 Å². The van der Waals surface area contributed by atoms with Crippen molar-refractivity contribution >= 4 is 23.3 Å². The summed E-state index contributed by atoms with van der Waals surface area (Å²) in [6.07, 6.45) is 5.17. The Morgan fingerprint density at radius 1 is 1.04 bits per heavy atom. The number of anilines is 2. The van der Waals surface area contributed by atoms with Gasteiger partial charge in [-0.2, -0.15) is 0 Å². The first-order valence-corrected chi connectivity index (χ1v) is 9.04. The van der Waals surface area contributed by atoms with E-state index < -0.39 is 0 Å². The smallest absolute Gasteiger partial charge is 0.255 e. The van der Waals surface area contributed by atoms with Crippen molar-refractivity contribution in [3.05, 3.63) is 72.7 Å². The Balaban J connectivity index is 1.77. The van der Waals surface area contributed by atoms with E-state index in [0.717, 1.165) is 16.9 Å². The number of nitrogens with one attached hydrogen (secondary N) is 2. The summed E-state index contributed by atoms with van der Waals surface area (Å²) in [5, 5.41) is 6.10. The minimum absolute atomic E-state index is 0.0282. The van der Waals surface area contributed by atoms with E-state index in [1.807, 2.05) is 60.8 Å². The second-order valence-corrected chi connectivity index (χ2v) is 6.64. The molecule has 1 aromatic carbocycles. The normalized spacial score (nSPS) is 11.0. The molecular formula is C21H20N6O. The highest BCUT2D eigenvalue weighted by molar-refractivity contribution is 5.99. The molecule has 3 aromatic heterocycles. The number of amides is 1. The largest absolute Gasteiger partial charge is 0.350 e. The minimum atomic E-state index is -0.188. The Morgan fingerprint density at radius 3 is 2.64 bits per heavy atom. The molecule has 0 saturated carbocycles. The van der Waals surface area contributed by atoms with Crippen molar-refractivity contribution in [2.24, 2.45) is 0 Å². The Bertz CT molecular complexity index is 1120. The molecule has 0 aliphatic rings. The van der Waals surface area contributed by atoms with Gasteiger partial charge in [-0.05, 0) is 26.0 Å². The lowest BCUT2D eigenvalue weighted by Gasteiger charge is -2.14. The predicted molar refractivity (Wildman–Crippen MR) is 109 cm³/mol. The molecule has 28 heavy (non-hydrogen) atoms. The van der Waals surface area contributed by atoms with Crippen molar-refractivity contribution in [1.82, 2.24) is 24.7 Å². The lowest BCUT2D eigenvalue weighted by molar-refractivity contribution is 0.0943. The Kier molecular flexibility index (Phi) is 4.72. The number of carbonyl (C=O) groups excluding carboxylic acids is 1. The first-order valence-electron chi connectivity index (χ1n) is 9.04. The zero-order chi connectivity index (χ0) is 19.5. The van der Waals surface area contributed by atoms with Gasteiger partial charge in [-0.15, -0.1) is 0 Å². The molecule has 140 valence electrons. The summed E-state index contributed by atoms with van der Waals surface area (Å²) in [4.78, 5) is 26.0. The number of carbonyl (C=O) groups is 1. The van der Waals surface area contributed by atoms with E-state index in [9.17, 15) is 4.79 Å². The van der Waals surface area contributed by atoms with Crippen LogP contribution < -0.4 is 10.6 Å². The number of fused-ring (bicyclic) bond motifs is 1. The highest BCUT2D eigenvalue weighted by Gasteiger charge is 2.16. The minimum Gasteiger partial charge on any atom is -0.350 e. The van der Waals surface area contributed by atoms with Crippen LogP contribution in [0.1, 0.15) is 24.2 Å². The van der Waals surface area contributed by atoms with Gasteiger partial charge >= 0.3 is 0 Å². The standard InChI is InChI=1S/C21H20N6O/c1-14(2)24-20(28)16-9-6-10-23-19(16)26-21-25-17(15-7-4-3-5-8-15)13-18-22-11-12-27(18)21/h3-14H,1-2H3,(H,24,28)(H,23,25,26). The van der Waals surface area contributed by atoms with E-state index in [-0.39, 0.29) is 11.9 Å². The molecule has 4 rings (SSSR count). The number of benzene rings is 1. The van der Waals surface area contributed by atoms with Crippen molar-refractivity contribution in [3.8, 4) is 11.3 Å². The van der Waals surface area contributed by atoms with Crippen molar-refractivity contribution in [3.63, 3.8) is 0 Å². The maximum absolute atomic E-state index is 12.5. The molecule has 4 aromatic rings. The third-order valence-corrected chi connectivity index (χ3v) is 4.16. The van der Waals surface area contributed by atoms with Gasteiger partial charge in [-0.25, -0.2) is 15.0 Å². The van der Waals surface area contributed by atoms with Crippen LogP contribution in [0.2, 0.25) is 0 Å². The summed E-state index contributed by atoms with van der Waals surface area (Å²) in [5.41, 5.74) is 2.97. The SMILES string of the molecule is CC(C)NC(=O)c1cccnc1Nc1nc(-c2ccccc2)cc2nccn12. The third-order valence-electron chi connectivity index (χ3n) is 4.16. The summed E-state index contributed by atoms with van der Waals surface area (Å²) in [6, 6.07) is 15.3. The van der Waals surface area contributed by atoms with E-state index in [1.165, 1.54) is 0 Å². The molecule has 0 spiro atoms. The molecule has 2 N–H and O–H groups in total. The van der Waals surface area contributed by atoms with Crippen LogP contribution >= 0.6 is 0 Å². The number of imidazole rings is 1. The number of nitrogens with zero attached hydrogens (tertiary/aromatic N) is 4. The lowest BCUT2D eigenvalue weighted by atomic mass is 10.1. The second-order valence-electron chi connectivity index (χ2n) is 6.64. The number of pyridine rings is 1. The van der Waals surface area contributed by atoms with Gasteiger partial charge in [0.1, 0.15) is 11.5 Å². The average molecular weight is 372 g/mol. The van der Waals surface area contributed by atoms with E-state index in [2.05, 4.69) is 20.6 Å². The summed E-state index contributed by atoms with van der Waals surface area (Å²) < 4.78 is 1.82. The van der Waals surface area contributed by atoms with E-state index in [4.69, 9.17) is 4.98 Å². The topological polar surface area (TPSA) is 84.2 Å². The van der Waals surface area contributed by atoms with Crippen molar-refractivity contribution < 1.29 is 4.79 Å². The fraction of sp³-hybridized carbons (Fsp3) is 0.143. The summed E-state index contributed by atoms with van der Waals surface area (Å²) >= 11 is 0. The fourth-order valence-corrected chi connectivity index (χ4v) is 2.90. The highest BCUT2D eigenvalue weighted by atomic mass is 16.1. The highest BCUT2D eigenvalue weighted by Crippen LogP contribution is 2.24. The van der Waals surface area contributed by atoms with Crippen LogP contribution in [0.5, 0.6) is 0 Å². The van der Waals surface area contributed by atoms with Crippen LogP contribution in [0.4, 0.5) is 11.8 Å². The van der Waals surface area contributed by atoms with Gasteiger partial charge in [0.25, 0.3) is 5.91 Å². The predicted octanol–water partition coefficient (Wildman–Crippen LogP) is 3.67. The molecule has 0 aliphatic heterocycles. The maximum atomic E-state index is 12.5. The molecule has 0 atom stereocenters. The lowest BCUT2D eigenvalue weighted by Crippen LogP contribution is -2.30. The molecule has 0 saturated heterocycles. The molecule has 0 radical (unpaired) electrons. The van der Waals surface area contributed by atoms with E-state index in [1.54, 1.807) is 24.5 Å². The molecule has 0 bridgehead atoms. The molecule has 7 nitrogen and oxygen atoms in total. The monoisotopic (exact) mass is 372 g/mol. The number of hydrogen-bond acceptors (Lipinski definition) is 5. The van der Waals surface area contributed by atoms with Crippen LogP contribution in [0, 0.1) is 0 Å². The molecule has 1 amide bonds. The molecule has 0 unspecified atom stereocenters. The summed E-state index contributed by atoms with van der Waals surface area (Å²) in [6.45, 7) is 3.84. The Morgan fingerprint density at radius 2 is 1.86 bits per heavy atom. The van der Waals surface area contributed by atoms with Crippen LogP contribution in [-0.4, -0.2) is 31.3 Å². The second kappa shape index (κ2) is 7.48. The van der Waals surface area contributed by atoms with Gasteiger partial charge in [0.05, 0.1) is 11.3 Å². The zero-order valence-electron chi connectivity index (χ0n) is 15.6. The van der Waals surface area contributed by atoms with Gasteiger partial charge in [-0.1, -0.05) is 30.3 Å². The first kappa shape index (κ1) is 17.7. The Labute approximate surface area is 162 Å². The Hall–Kier alpha value is -3.74. The van der Waals surface area contributed by atoms with Gasteiger partial charge in [0, 0.05) is 36.3 Å². The molecular weight excluding hydrogens is 352 g/mol. The van der Waals surface area contributed by atoms with Crippen molar-refractivity contribution in [2.45, 2.75) is 19.9 Å². The third kappa shape index (κ3) is 3.55. The summed E-state index contributed by atoms with van der Waals surface area (Å²) in [7, 11) is 0. The quantitative estimate of drug-likeness (QED) is 0.558. The number of aromatic nitrogens is 4. The van der Waals surface area contributed by atoms with Crippen molar-refractivity contribution in [2.75, 3.05) is 5.32 Å². The van der Waals surface area contributed by atoms with Crippen LogP contribution in [-0.2, 0) is 0 Å². The first-order chi connectivity index (χ1) is 13.6. The van der Waals surface area contributed by atoms with Crippen molar-refractivity contribution in [1.29, 1.82) is 0 Å². The molecule has 0 aliphatic carbocycles. The van der Waals surface area contributed by atoms with Crippen LogP contribution in [0.25, 0.3) is 16.9 Å². The number of hydrogen-bond donors (Lipinski definition) is 2. The number of rotatable bonds is 5. The molecule has 3 heterocycles. The zero-order valence-corrected chi connectivity index (χ0v) is 15.6. The van der Waals surface area contributed by atoms with Gasteiger partial charge in [0.2, 0.25) is 5.95 Å². The van der Waals surface area contributed by atoms with Gasteiger partial charge in [0.15, 0.2) is 0 Å². The summed E-state index contributed by atoms with van der Waals surface area (Å²) in [5.74, 6) is 0.784. The van der Waals surface area contributed by atoms with Crippen LogP contribution in [0.3, 0.4) is 0 Å². The molecule has 0 fully saturated rings.